The molecule has 6 nitrogen and oxygen atoms in total. The number of halogens is 1. The lowest BCUT2D eigenvalue weighted by Crippen LogP contribution is -2.33. The van der Waals surface area contributed by atoms with Gasteiger partial charge in [0.15, 0.2) is 11.5 Å². The number of hydrogen-bond acceptors (Lipinski definition) is 5. The number of hydrogen-bond donors (Lipinski definition) is 1. The molecule has 2 aromatic rings. The minimum Gasteiger partial charge on any atom is -0.493 e. The first kappa shape index (κ1) is 15.1. The van der Waals surface area contributed by atoms with Gasteiger partial charge in [-0.05, 0) is 24.6 Å². The minimum absolute atomic E-state index is 0.148. The van der Waals surface area contributed by atoms with E-state index in [0.717, 1.165) is 11.6 Å². The maximum absolute atomic E-state index is 13.7. The number of ether oxygens (including phenoxy) is 2. The first-order chi connectivity index (χ1) is 11.1. The van der Waals surface area contributed by atoms with Crippen LogP contribution in [0.15, 0.2) is 36.4 Å². The van der Waals surface area contributed by atoms with E-state index >= 15 is 0 Å². The van der Waals surface area contributed by atoms with Crippen molar-refractivity contribution in [2.75, 3.05) is 19.0 Å². The lowest BCUT2D eigenvalue weighted by atomic mass is 10.0. The van der Waals surface area contributed by atoms with Crippen molar-refractivity contribution in [2.24, 2.45) is 0 Å². The summed E-state index contributed by atoms with van der Waals surface area (Å²) < 4.78 is 24.6. The van der Waals surface area contributed by atoms with Crippen LogP contribution in [0.5, 0.6) is 11.5 Å². The SMILES string of the molecule is COc1cccc2c1OCC(Nc1cccc(F)c1[N+](=O)[O-])C2. The summed E-state index contributed by atoms with van der Waals surface area (Å²) in [7, 11) is 1.57. The van der Waals surface area contributed by atoms with Crippen LogP contribution in [-0.2, 0) is 6.42 Å². The largest absolute Gasteiger partial charge is 0.493 e. The summed E-state index contributed by atoms with van der Waals surface area (Å²) in [5.41, 5.74) is 0.533. The third-order valence-corrected chi connectivity index (χ3v) is 3.70. The van der Waals surface area contributed by atoms with Crippen molar-refractivity contribution in [3.8, 4) is 11.5 Å². The second-order valence-electron chi connectivity index (χ2n) is 5.20. The van der Waals surface area contributed by atoms with Gasteiger partial charge in [0.1, 0.15) is 12.3 Å². The highest BCUT2D eigenvalue weighted by Crippen LogP contribution is 2.36. The van der Waals surface area contributed by atoms with Crippen LogP contribution in [0.3, 0.4) is 0 Å². The number of rotatable bonds is 4. The van der Waals surface area contributed by atoms with E-state index in [4.69, 9.17) is 9.47 Å². The van der Waals surface area contributed by atoms with Gasteiger partial charge in [0, 0.05) is 5.56 Å². The van der Waals surface area contributed by atoms with Gasteiger partial charge in [-0.25, -0.2) is 0 Å². The first-order valence-electron chi connectivity index (χ1n) is 7.08. The van der Waals surface area contributed by atoms with Crippen molar-refractivity contribution in [2.45, 2.75) is 12.5 Å². The average molecular weight is 318 g/mol. The van der Waals surface area contributed by atoms with Crippen molar-refractivity contribution in [3.63, 3.8) is 0 Å². The fourth-order valence-electron chi connectivity index (χ4n) is 2.68. The standard InChI is InChI=1S/C16H15FN2O4/c1-22-14-7-2-4-10-8-11(9-23-16(10)14)18-13-6-3-5-12(17)15(13)19(20)21/h2-7,11,18H,8-9H2,1H3. The molecule has 23 heavy (non-hydrogen) atoms. The van der Waals surface area contributed by atoms with Crippen LogP contribution < -0.4 is 14.8 Å². The Morgan fingerprint density at radius 2 is 2.13 bits per heavy atom. The van der Waals surface area contributed by atoms with Gasteiger partial charge in [0.2, 0.25) is 5.82 Å². The molecule has 0 aliphatic carbocycles. The van der Waals surface area contributed by atoms with Crippen LogP contribution >= 0.6 is 0 Å². The van der Waals surface area contributed by atoms with E-state index < -0.39 is 16.4 Å². The van der Waals surface area contributed by atoms with E-state index in [1.165, 1.54) is 12.1 Å². The Morgan fingerprint density at radius 1 is 1.35 bits per heavy atom. The lowest BCUT2D eigenvalue weighted by molar-refractivity contribution is -0.386. The zero-order valence-electron chi connectivity index (χ0n) is 12.4. The molecule has 0 fully saturated rings. The smallest absolute Gasteiger partial charge is 0.327 e. The summed E-state index contributed by atoms with van der Waals surface area (Å²) in [6.45, 7) is 0.307. The highest BCUT2D eigenvalue weighted by molar-refractivity contribution is 5.63. The van der Waals surface area contributed by atoms with E-state index in [0.29, 0.717) is 24.5 Å². The highest BCUT2D eigenvalue weighted by Gasteiger charge is 2.26. The van der Waals surface area contributed by atoms with Crippen LogP contribution in [0.4, 0.5) is 15.8 Å². The second-order valence-corrected chi connectivity index (χ2v) is 5.20. The normalized spacial score (nSPS) is 16.2. The molecule has 1 aliphatic rings. The Kier molecular flexibility index (Phi) is 4.01. The molecule has 1 heterocycles. The molecule has 1 aliphatic heterocycles. The molecule has 0 radical (unpaired) electrons. The number of benzene rings is 2. The van der Waals surface area contributed by atoms with Crippen molar-refractivity contribution < 1.29 is 18.8 Å². The topological polar surface area (TPSA) is 73.6 Å². The molecule has 0 saturated heterocycles. The van der Waals surface area contributed by atoms with Gasteiger partial charge in [-0.2, -0.15) is 4.39 Å². The Balaban J connectivity index is 1.84. The van der Waals surface area contributed by atoms with Gasteiger partial charge < -0.3 is 14.8 Å². The van der Waals surface area contributed by atoms with E-state index in [2.05, 4.69) is 5.32 Å². The molecule has 0 saturated carbocycles. The average Bonchev–Trinajstić information content (AvgIpc) is 2.53. The number of para-hydroxylation sites is 2. The summed E-state index contributed by atoms with van der Waals surface area (Å²) in [6, 6.07) is 9.37. The van der Waals surface area contributed by atoms with Gasteiger partial charge in [-0.15, -0.1) is 0 Å². The monoisotopic (exact) mass is 318 g/mol. The van der Waals surface area contributed by atoms with Gasteiger partial charge in [0.25, 0.3) is 0 Å². The Bertz CT molecular complexity index is 751. The fourth-order valence-corrected chi connectivity index (χ4v) is 2.68. The Labute approximate surface area is 132 Å². The molecular formula is C16H15FN2O4. The molecule has 0 aromatic heterocycles. The maximum atomic E-state index is 13.7. The van der Waals surface area contributed by atoms with E-state index in [1.54, 1.807) is 7.11 Å². The molecule has 0 bridgehead atoms. The predicted molar refractivity (Wildman–Crippen MR) is 82.7 cm³/mol. The number of methoxy groups -OCH3 is 1. The minimum atomic E-state index is -0.862. The molecule has 120 valence electrons. The predicted octanol–water partition coefficient (Wildman–Crippen LogP) is 3.16. The summed E-state index contributed by atoms with van der Waals surface area (Å²) in [5, 5.41) is 14.0. The number of nitrogens with one attached hydrogen (secondary N) is 1. The molecule has 2 aromatic carbocycles. The fraction of sp³-hybridized carbons (Fsp3) is 0.250. The molecule has 0 spiro atoms. The van der Waals surface area contributed by atoms with Crippen LogP contribution in [0.1, 0.15) is 5.56 Å². The lowest BCUT2D eigenvalue weighted by Gasteiger charge is -2.27. The number of nitro groups is 1. The molecule has 1 N–H and O–H groups in total. The van der Waals surface area contributed by atoms with Gasteiger partial charge >= 0.3 is 5.69 Å². The van der Waals surface area contributed by atoms with E-state index in [-0.39, 0.29) is 11.7 Å². The number of nitro benzene ring substituents is 1. The molecule has 3 rings (SSSR count). The van der Waals surface area contributed by atoms with Gasteiger partial charge in [-0.1, -0.05) is 18.2 Å². The van der Waals surface area contributed by atoms with Crippen LogP contribution in [-0.4, -0.2) is 24.7 Å². The third kappa shape index (κ3) is 2.90. The zero-order valence-corrected chi connectivity index (χ0v) is 12.4. The van der Waals surface area contributed by atoms with Crippen LogP contribution in [0.2, 0.25) is 0 Å². The van der Waals surface area contributed by atoms with Crippen molar-refractivity contribution in [1.29, 1.82) is 0 Å². The molecule has 0 amide bonds. The van der Waals surface area contributed by atoms with Gasteiger partial charge in [-0.3, -0.25) is 10.1 Å². The van der Waals surface area contributed by atoms with Crippen LogP contribution in [0, 0.1) is 15.9 Å². The number of fused-ring (bicyclic) bond motifs is 1. The number of anilines is 1. The highest BCUT2D eigenvalue weighted by atomic mass is 19.1. The Hall–Kier alpha value is -2.83. The van der Waals surface area contributed by atoms with Crippen LogP contribution in [0.25, 0.3) is 0 Å². The summed E-state index contributed by atoms with van der Waals surface area (Å²) in [6.07, 6.45) is 0.597. The van der Waals surface area contributed by atoms with Crippen molar-refractivity contribution >= 4 is 11.4 Å². The summed E-state index contributed by atoms with van der Waals surface area (Å²) in [5.74, 6) is 0.471. The van der Waals surface area contributed by atoms with E-state index in [1.807, 2.05) is 18.2 Å². The summed E-state index contributed by atoms with van der Waals surface area (Å²) in [4.78, 5) is 10.3. The molecule has 7 heteroatoms. The van der Waals surface area contributed by atoms with E-state index in [9.17, 15) is 14.5 Å². The summed E-state index contributed by atoms with van der Waals surface area (Å²) >= 11 is 0. The second kappa shape index (κ2) is 6.12. The first-order valence-corrected chi connectivity index (χ1v) is 7.08. The number of nitrogens with zero attached hydrogens (tertiary/aromatic N) is 1. The van der Waals surface area contributed by atoms with Crippen molar-refractivity contribution in [3.05, 3.63) is 57.9 Å². The quantitative estimate of drug-likeness (QED) is 0.692. The van der Waals surface area contributed by atoms with Gasteiger partial charge in [0.05, 0.1) is 18.1 Å². The molecule has 1 atom stereocenters. The zero-order chi connectivity index (χ0) is 16.4. The molecule has 1 unspecified atom stereocenters. The molecular weight excluding hydrogens is 303 g/mol. The van der Waals surface area contributed by atoms with Crippen molar-refractivity contribution in [1.82, 2.24) is 0 Å². The Morgan fingerprint density at radius 3 is 2.87 bits per heavy atom. The maximum Gasteiger partial charge on any atom is 0.327 e. The third-order valence-electron chi connectivity index (χ3n) is 3.70.